The predicted octanol–water partition coefficient (Wildman–Crippen LogP) is 4.92. The van der Waals surface area contributed by atoms with E-state index in [1.54, 1.807) is 6.07 Å². The molecule has 0 saturated heterocycles. The number of rotatable bonds is 5. The molecule has 0 bridgehead atoms. The number of amides is 1. The topological polar surface area (TPSA) is 66.9 Å². The Hall–Kier alpha value is -2.92. The molecule has 0 aliphatic rings. The molecule has 2 N–H and O–H groups in total. The Balaban J connectivity index is 1.73. The fourth-order valence-electron chi connectivity index (χ4n) is 2.79. The summed E-state index contributed by atoms with van der Waals surface area (Å²) in [6.45, 7) is 6.37. The van der Waals surface area contributed by atoms with Crippen LogP contribution in [0, 0.1) is 20.8 Å². The monoisotopic (exact) mass is 380 g/mol. The third-order valence-electron chi connectivity index (χ3n) is 3.93. The Morgan fingerprint density at radius 3 is 2.30 bits per heavy atom. The van der Waals surface area contributed by atoms with E-state index < -0.39 is 0 Å². The lowest BCUT2D eigenvalue weighted by Gasteiger charge is -2.10. The molecule has 0 radical (unpaired) electrons. The average Bonchev–Trinajstić information content (AvgIpc) is 2.60. The number of benzene rings is 2. The SMILES string of the molecule is Cc1cc(C)cc(NC(=O)c2cc(C)nc(NCc3ccc(Cl)cc3)n2)c1. The number of carbonyl (C=O) groups excluding carboxylic acids is 1. The van der Waals surface area contributed by atoms with Gasteiger partial charge in [0.05, 0.1) is 0 Å². The van der Waals surface area contributed by atoms with E-state index >= 15 is 0 Å². The number of carbonyl (C=O) groups is 1. The Morgan fingerprint density at radius 1 is 0.963 bits per heavy atom. The minimum Gasteiger partial charge on any atom is -0.350 e. The molecular weight excluding hydrogens is 360 g/mol. The maximum atomic E-state index is 12.6. The lowest BCUT2D eigenvalue weighted by Crippen LogP contribution is -2.16. The van der Waals surface area contributed by atoms with Gasteiger partial charge in [-0.1, -0.05) is 29.8 Å². The minimum atomic E-state index is -0.264. The highest BCUT2D eigenvalue weighted by molar-refractivity contribution is 6.30. The molecule has 0 saturated carbocycles. The van der Waals surface area contributed by atoms with E-state index in [0.29, 0.717) is 28.9 Å². The molecule has 0 aliphatic heterocycles. The molecule has 0 spiro atoms. The van der Waals surface area contributed by atoms with E-state index in [0.717, 1.165) is 22.4 Å². The molecule has 6 heteroatoms. The van der Waals surface area contributed by atoms with Crippen LogP contribution in [-0.2, 0) is 6.54 Å². The number of nitrogens with one attached hydrogen (secondary N) is 2. The summed E-state index contributed by atoms with van der Waals surface area (Å²) in [5, 5.41) is 6.75. The van der Waals surface area contributed by atoms with Gasteiger partial charge in [0.1, 0.15) is 5.69 Å². The second kappa shape index (κ2) is 8.18. The summed E-state index contributed by atoms with van der Waals surface area (Å²) in [6, 6.07) is 15.1. The van der Waals surface area contributed by atoms with Gasteiger partial charge in [-0.2, -0.15) is 0 Å². The summed E-state index contributed by atoms with van der Waals surface area (Å²) in [5.41, 5.74) is 5.02. The number of nitrogens with zero attached hydrogens (tertiary/aromatic N) is 2. The second-order valence-electron chi connectivity index (χ2n) is 6.53. The van der Waals surface area contributed by atoms with Crippen molar-refractivity contribution < 1.29 is 4.79 Å². The number of aromatic nitrogens is 2. The van der Waals surface area contributed by atoms with Gasteiger partial charge in [-0.3, -0.25) is 4.79 Å². The molecule has 3 aromatic rings. The van der Waals surface area contributed by atoms with Crippen molar-refractivity contribution in [3.63, 3.8) is 0 Å². The zero-order chi connectivity index (χ0) is 19.4. The van der Waals surface area contributed by atoms with E-state index in [9.17, 15) is 4.79 Å². The van der Waals surface area contributed by atoms with Crippen LogP contribution in [0.15, 0.2) is 48.5 Å². The van der Waals surface area contributed by atoms with Crippen molar-refractivity contribution in [3.05, 3.63) is 81.6 Å². The Kier molecular flexibility index (Phi) is 5.72. The fraction of sp³-hybridized carbons (Fsp3) is 0.190. The minimum absolute atomic E-state index is 0.264. The average molecular weight is 381 g/mol. The number of aryl methyl sites for hydroxylation is 3. The second-order valence-corrected chi connectivity index (χ2v) is 6.97. The van der Waals surface area contributed by atoms with Crippen molar-refractivity contribution in [1.82, 2.24) is 9.97 Å². The van der Waals surface area contributed by atoms with E-state index in [4.69, 9.17) is 11.6 Å². The summed E-state index contributed by atoms with van der Waals surface area (Å²) in [7, 11) is 0. The van der Waals surface area contributed by atoms with E-state index in [2.05, 4.69) is 26.7 Å². The van der Waals surface area contributed by atoms with Gasteiger partial charge in [-0.05, 0) is 67.8 Å². The molecule has 1 amide bonds. The molecule has 3 rings (SSSR count). The molecule has 0 unspecified atom stereocenters. The van der Waals surface area contributed by atoms with Gasteiger partial charge in [0.2, 0.25) is 5.95 Å². The van der Waals surface area contributed by atoms with Gasteiger partial charge in [-0.15, -0.1) is 0 Å². The largest absolute Gasteiger partial charge is 0.350 e. The van der Waals surface area contributed by atoms with Crippen LogP contribution < -0.4 is 10.6 Å². The number of hydrogen-bond acceptors (Lipinski definition) is 4. The highest BCUT2D eigenvalue weighted by atomic mass is 35.5. The van der Waals surface area contributed by atoms with Gasteiger partial charge in [0.25, 0.3) is 5.91 Å². The van der Waals surface area contributed by atoms with Gasteiger partial charge in [0.15, 0.2) is 0 Å². The maximum absolute atomic E-state index is 12.6. The van der Waals surface area contributed by atoms with Crippen molar-refractivity contribution in [2.24, 2.45) is 0 Å². The Labute approximate surface area is 163 Å². The van der Waals surface area contributed by atoms with Crippen LogP contribution in [0.3, 0.4) is 0 Å². The predicted molar refractivity (Wildman–Crippen MR) is 109 cm³/mol. The van der Waals surface area contributed by atoms with E-state index in [1.165, 1.54) is 0 Å². The molecule has 1 heterocycles. The van der Waals surface area contributed by atoms with Crippen molar-refractivity contribution in [3.8, 4) is 0 Å². The standard InChI is InChI=1S/C21H21ClN4O/c1-13-8-14(2)10-18(9-13)25-20(27)19-11-15(3)24-21(26-19)23-12-16-4-6-17(22)7-5-16/h4-11H,12H2,1-3H3,(H,25,27)(H,23,24,26). The molecule has 0 aliphatic carbocycles. The molecule has 0 fully saturated rings. The van der Waals surface area contributed by atoms with Crippen molar-refractivity contribution in [1.29, 1.82) is 0 Å². The summed E-state index contributed by atoms with van der Waals surface area (Å²) >= 11 is 5.90. The summed E-state index contributed by atoms with van der Waals surface area (Å²) in [6.07, 6.45) is 0. The van der Waals surface area contributed by atoms with E-state index in [-0.39, 0.29) is 5.91 Å². The smallest absolute Gasteiger partial charge is 0.274 e. The third-order valence-corrected chi connectivity index (χ3v) is 4.18. The van der Waals surface area contributed by atoms with Gasteiger partial charge in [0, 0.05) is 22.9 Å². The van der Waals surface area contributed by atoms with Crippen LogP contribution in [0.4, 0.5) is 11.6 Å². The van der Waals surface area contributed by atoms with Crippen molar-refractivity contribution in [2.75, 3.05) is 10.6 Å². The van der Waals surface area contributed by atoms with Gasteiger partial charge in [-0.25, -0.2) is 9.97 Å². The van der Waals surface area contributed by atoms with Gasteiger partial charge >= 0.3 is 0 Å². The molecule has 1 aromatic heterocycles. The number of hydrogen-bond donors (Lipinski definition) is 2. The first kappa shape index (κ1) is 18.9. The summed E-state index contributed by atoms with van der Waals surface area (Å²) in [5.74, 6) is 0.149. The first-order valence-corrected chi connectivity index (χ1v) is 9.00. The van der Waals surface area contributed by atoms with Crippen LogP contribution in [0.2, 0.25) is 5.02 Å². The number of halogens is 1. The molecule has 27 heavy (non-hydrogen) atoms. The maximum Gasteiger partial charge on any atom is 0.274 e. The molecule has 138 valence electrons. The van der Waals surface area contributed by atoms with Crippen LogP contribution in [-0.4, -0.2) is 15.9 Å². The summed E-state index contributed by atoms with van der Waals surface area (Å²) in [4.78, 5) is 21.3. The Morgan fingerprint density at radius 2 is 1.63 bits per heavy atom. The lowest BCUT2D eigenvalue weighted by molar-refractivity contribution is 0.102. The first-order chi connectivity index (χ1) is 12.9. The third kappa shape index (κ3) is 5.28. The fourth-order valence-corrected chi connectivity index (χ4v) is 2.92. The number of anilines is 2. The molecular formula is C21H21ClN4O. The molecule has 5 nitrogen and oxygen atoms in total. The Bertz CT molecular complexity index is 950. The van der Waals surface area contributed by atoms with Gasteiger partial charge < -0.3 is 10.6 Å². The van der Waals surface area contributed by atoms with Crippen LogP contribution >= 0.6 is 11.6 Å². The highest BCUT2D eigenvalue weighted by Gasteiger charge is 2.11. The first-order valence-electron chi connectivity index (χ1n) is 8.63. The highest BCUT2D eigenvalue weighted by Crippen LogP contribution is 2.16. The van der Waals surface area contributed by atoms with Crippen molar-refractivity contribution in [2.45, 2.75) is 27.3 Å². The van der Waals surface area contributed by atoms with Crippen LogP contribution in [0.1, 0.15) is 32.9 Å². The summed E-state index contributed by atoms with van der Waals surface area (Å²) < 4.78 is 0. The van der Waals surface area contributed by atoms with Crippen molar-refractivity contribution >= 4 is 29.1 Å². The van der Waals surface area contributed by atoms with Crippen LogP contribution in [0.5, 0.6) is 0 Å². The normalized spacial score (nSPS) is 10.5. The molecule has 2 aromatic carbocycles. The lowest BCUT2D eigenvalue weighted by atomic mass is 10.1. The van der Waals surface area contributed by atoms with Crippen LogP contribution in [0.25, 0.3) is 0 Å². The van der Waals surface area contributed by atoms with E-state index in [1.807, 2.05) is 57.2 Å². The zero-order valence-electron chi connectivity index (χ0n) is 15.5. The quantitative estimate of drug-likeness (QED) is 0.659. The molecule has 0 atom stereocenters. The zero-order valence-corrected chi connectivity index (χ0v) is 16.3.